The fraction of sp³-hybridized carbons (Fsp3) is 0.385. The summed E-state index contributed by atoms with van der Waals surface area (Å²) in [5.41, 5.74) is 11.8. The largest absolute Gasteiger partial charge is 0.330 e. The summed E-state index contributed by atoms with van der Waals surface area (Å²) < 4.78 is 0. The molecule has 0 radical (unpaired) electrons. The number of imide groups is 1. The lowest BCUT2D eigenvalue weighted by atomic mass is 10.1. The third-order valence-corrected chi connectivity index (χ3v) is 2.53. The maximum atomic E-state index is 11.6. The molecule has 0 aromatic heterocycles. The van der Waals surface area contributed by atoms with E-state index < -0.39 is 11.9 Å². The molecule has 0 saturated carbocycles. The minimum absolute atomic E-state index is 0.177. The predicted molar refractivity (Wildman–Crippen MR) is 69.6 cm³/mol. The van der Waals surface area contributed by atoms with Crippen molar-refractivity contribution in [1.82, 2.24) is 5.32 Å². The highest BCUT2D eigenvalue weighted by atomic mass is 16.2. The van der Waals surface area contributed by atoms with Crippen LogP contribution in [0.4, 0.5) is 0 Å². The van der Waals surface area contributed by atoms with Crippen molar-refractivity contribution in [3.8, 4) is 0 Å². The summed E-state index contributed by atoms with van der Waals surface area (Å²) >= 11 is 0. The topological polar surface area (TPSA) is 98.2 Å². The summed E-state index contributed by atoms with van der Waals surface area (Å²) in [5, 5.41) is 2.29. The molecule has 1 unspecified atom stereocenters. The number of carbonyl (C=O) groups is 2. The van der Waals surface area contributed by atoms with Gasteiger partial charge in [-0.3, -0.25) is 14.9 Å². The average Bonchev–Trinajstić information content (AvgIpc) is 2.36. The molecule has 98 valence electrons. The van der Waals surface area contributed by atoms with Crippen LogP contribution in [0.25, 0.3) is 0 Å². The van der Waals surface area contributed by atoms with E-state index in [0.29, 0.717) is 19.4 Å². The normalized spacial score (nSPS) is 11.9. The second-order valence-corrected chi connectivity index (χ2v) is 4.11. The zero-order valence-electron chi connectivity index (χ0n) is 10.3. The van der Waals surface area contributed by atoms with Crippen molar-refractivity contribution in [3.63, 3.8) is 0 Å². The summed E-state index contributed by atoms with van der Waals surface area (Å²) in [6.45, 7) is 0.485. The number of hydrogen-bond acceptors (Lipinski definition) is 4. The first-order valence-electron chi connectivity index (χ1n) is 5.96. The molecule has 1 aromatic rings. The molecule has 5 N–H and O–H groups in total. The lowest BCUT2D eigenvalue weighted by Gasteiger charge is -2.10. The summed E-state index contributed by atoms with van der Waals surface area (Å²) in [7, 11) is 0. The molecule has 0 heterocycles. The second-order valence-electron chi connectivity index (χ2n) is 4.11. The quantitative estimate of drug-likeness (QED) is 0.657. The number of carbonyl (C=O) groups excluding carboxylic acids is 2. The number of amides is 2. The van der Waals surface area contributed by atoms with Crippen molar-refractivity contribution in [2.75, 3.05) is 6.54 Å². The van der Waals surface area contributed by atoms with Crippen LogP contribution >= 0.6 is 0 Å². The smallest absolute Gasteiger partial charge is 0.243 e. The van der Waals surface area contributed by atoms with Gasteiger partial charge in [0.2, 0.25) is 11.8 Å². The first-order chi connectivity index (χ1) is 8.63. The molecule has 2 amide bonds. The van der Waals surface area contributed by atoms with E-state index in [1.54, 1.807) is 0 Å². The van der Waals surface area contributed by atoms with Gasteiger partial charge in [0, 0.05) is 0 Å². The minimum Gasteiger partial charge on any atom is -0.330 e. The Morgan fingerprint density at radius 3 is 2.50 bits per heavy atom. The summed E-state index contributed by atoms with van der Waals surface area (Å²) in [5.74, 6) is -0.779. The molecular formula is C13H19N3O2. The van der Waals surface area contributed by atoms with Crippen molar-refractivity contribution in [2.24, 2.45) is 11.5 Å². The molecule has 5 heteroatoms. The van der Waals surface area contributed by atoms with Crippen LogP contribution in [0, 0.1) is 0 Å². The number of nitrogens with two attached hydrogens (primary N) is 2. The second kappa shape index (κ2) is 7.58. The molecule has 1 rings (SSSR count). The molecule has 0 aliphatic rings. The molecule has 1 aromatic carbocycles. The molecule has 0 spiro atoms. The standard InChI is InChI=1S/C13H19N3O2/c14-8-4-7-11(15)13(18)16-12(17)9-10-5-2-1-3-6-10/h1-3,5-6,11H,4,7-9,14-15H2,(H,16,17,18). The Hall–Kier alpha value is -1.72. The van der Waals surface area contributed by atoms with Crippen LogP contribution in [0.15, 0.2) is 30.3 Å². The van der Waals surface area contributed by atoms with Gasteiger partial charge in [-0.1, -0.05) is 30.3 Å². The van der Waals surface area contributed by atoms with E-state index in [4.69, 9.17) is 11.5 Å². The Labute approximate surface area is 107 Å². The zero-order valence-corrected chi connectivity index (χ0v) is 10.3. The van der Waals surface area contributed by atoms with E-state index in [9.17, 15) is 9.59 Å². The Kier molecular flexibility index (Phi) is 6.04. The van der Waals surface area contributed by atoms with Crippen LogP contribution in [-0.2, 0) is 16.0 Å². The van der Waals surface area contributed by atoms with Gasteiger partial charge in [0.25, 0.3) is 0 Å². The molecule has 5 nitrogen and oxygen atoms in total. The molecule has 1 atom stereocenters. The average molecular weight is 249 g/mol. The van der Waals surface area contributed by atoms with Crippen LogP contribution in [0.1, 0.15) is 18.4 Å². The maximum absolute atomic E-state index is 11.6. The van der Waals surface area contributed by atoms with E-state index in [1.165, 1.54) is 0 Å². The monoisotopic (exact) mass is 249 g/mol. The molecule has 0 fully saturated rings. The Balaban J connectivity index is 2.38. The Bertz CT molecular complexity index is 392. The fourth-order valence-electron chi connectivity index (χ4n) is 1.52. The van der Waals surface area contributed by atoms with Gasteiger partial charge in [-0.2, -0.15) is 0 Å². The molecule has 0 bridgehead atoms. The molecule has 18 heavy (non-hydrogen) atoms. The van der Waals surface area contributed by atoms with E-state index in [1.807, 2.05) is 30.3 Å². The van der Waals surface area contributed by atoms with Crippen molar-refractivity contribution >= 4 is 11.8 Å². The summed E-state index contributed by atoms with van der Waals surface area (Å²) in [6.07, 6.45) is 1.33. The van der Waals surface area contributed by atoms with Crippen LogP contribution in [0.5, 0.6) is 0 Å². The molecule has 0 saturated heterocycles. The van der Waals surface area contributed by atoms with Gasteiger partial charge in [0.1, 0.15) is 0 Å². The van der Waals surface area contributed by atoms with Gasteiger partial charge in [-0.15, -0.1) is 0 Å². The van der Waals surface area contributed by atoms with Crippen molar-refractivity contribution in [3.05, 3.63) is 35.9 Å². The summed E-state index contributed by atoms with van der Waals surface area (Å²) in [4.78, 5) is 23.1. The molecule has 0 aliphatic heterocycles. The third kappa shape index (κ3) is 5.07. The van der Waals surface area contributed by atoms with E-state index in [-0.39, 0.29) is 12.3 Å². The third-order valence-electron chi connectivity index (χ3n) is 2.53. The van der Waals surface area contributed by atoms with Gasteiger partial charge in [0.05, 0.1) is 12.5 Å². The molecule has 0 aliphatic carbocycles. The predicted octanol–water partition coefficient (Wildman–Crippen LogP) is -0.0619. The number of benzene rings is 1. The highest BCUT2D eigenvalue weighted by Gasteiger charge is 2.15. The SMILES string of the molecule is NCCCC(N)C(=O)NC(=O)Cc1ccccc1. The van der Waals surface area contributed by atoms with Gasteiger partial charge in [0.15, 0.2) is 0 Å². The fourth-order valence-corrected chi connectivity index (χ4v) is 1.52. The van der Waals surface area contributed by atoms with Gasteiger partial charge < -0.3 is 11.5 Å². The summed E-state index contributed by atoms with van der Waals surface area (Å²) in [6, 6.07) is 8.55. The van der Waals surface area contributed by atoms with Crippen LogP contribution in [0.2, 0.25) is 0 Å². The highest BCUT2D eigenvalue weighted by molar-refractivity contribution is 5.98. The van der Waals surface area contributed by atoms with Crippen LogP contribution < -0.4 is 16.8 Å². The highest BCUT2D eigenvalue weighted by Crippen LogP contribution is 1.99. The van der Waals surface area contributed by atoms with E-state index in [2.05, 4.69) is 5.32 Å². The lowest BCUT2D eigenvalue weighted by molar-refractivity contribution is -0.130. The van der Waals surface area contributed by atoms with Gasteiger partial charge in [-0.25, -0.2) is 0 Å². The van der Waals surface area contributed by atoms with Crippen molar-refractivity contribution in [2.45, 2.75) is 25.3 Å². The first-order valence-corrected chi connectivity index (χ1v) is 5.96. The van der Waals surface area contributed by atoms with E-state index >= 15 is 0 Å². The Morgan fingerprint density at radius 1 is 1.22 bits per heavy atom. The van der Waals surface area contributed by atoms with Crippen molar-refractivity contribution in [1.29, 1.82) is 0 Å². The number of hydrogen-bond donors (Lipinski definition) is 3. The number of nitrogens with one attached hydrogen (secondary N) is 1. The first kappa shape index (κ1) is 14.3. The number of rotatable bonds is 6. The van der Waals surface area contributed by atoms with Crippen LogP contribution in [-0.4, -0.2) is 24.4 Å². The van der Waals surface area contributed by atoms with Gasteiger partial charge >= 0.3 is 0 Å². The maximum Gasteiger partial charge on any atom is 0.243 e. The minimum atomic E-state index is -0.673. The molecular weight excluding hydrogens is 230 g/mol. The van der Waals surface area contributed by atoms with E-state index in [0.717, 1.165) is 5.56 Å². The van der Waals surface area contributed by atoms with Crippen LogP contribution in [0.3, 0.4) is 0 Å². The van der Waals surface area contributed by atoms with Gasteiger partial charge in [-0.05, 0) is 24.9 Å². The zero-order chi connectivity index (χ0) is 13.4. The lowest BCUT2D eigenvalue weighted by Crippen LogP contribution is -2.44. The van der Waals surface area contributed by atoms with Crippen molar-refractivity contribution < 1.29 is 9.59 Å². The Morgan fingerprint density at radius 2 is 1.89 bits per heavy atom.